The molecule has 0 aliphatic rings. The fraction of sp³-hybridized carbons (Fsp3) is 1.00. The van der Waals surface area contributed by atoms with Gasteiger partial charge in [0.2, 0.25) is 0 Å². The van der Waals surface area contributed by atoms with E-state index in [0.29, 0.717) is 11.4 Å². The van der Waals surface area contributed by atoms with Crippen molar-refractivity contribution in [2.24, 2.45) is 0 Å². The maximum absolute atomic E-state index is 8.47. The lowest BCUT2D eigenvalue weighted by Gasteiger charge is -2.01. The highest BCUT2D eigenvalue weighted by molar-refractivity contribution is 9.09. The number of alkyl halides is 1. The maximum atomic E-state index is 8.47. The molecule has 0 spiro atoms. The van der Waals surface area contributed by atoms with Gasteiger partial charge in [0, 0.05) is 11.4 Å². The number of unbranched alkanes of at least 4 members (excludes halogenated alkanes) is 3. The van der Waals surface area contributed by atoms with Crippen molar-refractivity contribution in [3.05, 3.63) is 0 Å². The second-order valence-electron chi connectivity index (χ2n) is 2.71. The molecule has 0 aromatic rings. The molecule has 0 rings (SSSR count). The maximum Gasteiger partial charge on any atom is 0.0431 e. The first kappa shape index (κ1) is 10.4. The van der Waals surface area contributed by atoms with E-state index in [-0.39, 0.29) is 0 Å². The number of hydrogen-bond donors (Lipinski definition) is 1. The van der Waals surface area contributed by atoms with Crippen molar-refractivity contribution in [1.29, 1.82) is 0 Å². The summed E-state index contributed by atoms with van der Waals surface area (Å²) < 4.78 is 0. The molecule has 1 unspecified atom stereocenters. The zero-order valence-electron chi connectivity index (χ0n) is 6.65. The fourth-order valence-electron chi connectivity index (χ4n) is 0.891. The highest BCUT2D eigenvalue weighted by atomic mass is 79.9. The summed E-state index contributed by atoms with van der Waals surface area (Å²) in [7, 11) is 0. The number of aliphatic hydroxyl groups is 1. The van der Waals surface area contributed by atoms with Crippen LogP contribution in [0.1, 0.15) is 39.0 Å². The molecule has 1 nitrogen and oxygen atoms in total. The molecule has 0 aromatic carbocycles. The van der Waals surface area contributed by atoms with Gasteiger partial charge in [-0.3, -0.25) is 0 Å². The van der Waals surface area contributed by atoms with E-state index in [0.717, 1.165) is 6.42 Å². The Labute approximate surface area is 72.0 Å². The molecule has 0 heterocycles. The van der Waals surface area contributed by atoms with Gasteiger partial charge >= 0.3 is 0 Å². The summed E-state index contributed by atoms with van der Waals surface area (Å²) in [4.78, 5) is 0.654. The Hall–Kier alpha value is 0.440. The molecule has 10 heavy (non-hydrogen) atoms. The fourth-order valence-corrected chi connectivity index (χ4v) is 1.21. The lowest BCUT2D eigenvalue weighted by Crippen LogP contribution is -1.90. The first-order valence-corrected chi connectivity index (χ1v) is 4.94. The molecular weight excluding hydrogens is 192 g/mol. The molecule has 0 aliphatic heterocycles. The minimum Gasteiger partial charge on any atom is -0.396 e. The summed E-state index contributed by atoms with van der Waals surface area (Å²) in [6, 6.07) is 0. The molecule has 0 saturated heterocycles. The van der Waals surface area contributed by atoms with E-state index in [1.165, 1.54) is 25.7 Å². The van der Waals surface area contributed by atoms with E-state index >= 15 is 0 Å². The van der Waals surface area contributed by atoms with Gasteiger partial charge in [0.1, 0.15) is 0 Å². The molecule has 0 bridgehead atoms. The van der Waals surface area contributed by atoms with Gasteiger partial charge in [-0.1, -0.05) is 42.1 Å². The zero-order valence-corrected chi connectivity index (χ0v) is 8.23. The molecular formula is C8H17BrO. The summed E-state index contributed by atoms with van der Waals surface area (Å²) in [6.45, 7) is 2.52. The molecule has 1 N–H and O–H groups in total. The third-order valence-corrected chi connectivity index (χ3v) is 1.97. The SMILES string of the molecule is CC(Br)CCCCCCO. The third kappa shape index (κ3) is 8.44. The lowest BCUT2D eigenvalue weighted by molar-refractivity contribution is 0.282. The average Bonchev–Trinajstić information content (AvgIpc) is 1.87. The molecule has 0 aromatic heterocycles. The number of hydrogen-bond acceptors (Lipinski definition) is 1. The Morgan fingerprint density at radius 1 is 1.20 bits per heavy atom. The molecule has 0 radical (unpaired) electrons. The minimum atomic E-state index is 0.351. The summed E-state index contributed by atoms with van der Waals surface area (Å²) in [5.41, 5.74) is 0. The van der Waals surface area contributed by atoms with Crippen molar-refractivity contribution in [2.75, 3.05) is 6.61 Å². The van der Waals surface area contributed by atoms with Gasteiger partial charge in [-0.2, -0.15) is 0 Å². The van der Waals surface area contributed by atoms with Gasteiger partial charge in [0.15, 0.2) is 0 Å². The van der Waals surface area contributed by atoms with Crippen LogP contribution in [-0.4, -0.2) is 16.5 Å². The average molecular weight is 209 g/mol. The van der Waals surface area contributed by atoms with Crippen LogP contribution in [-0.2, 0) is 0 Å². The second-order valence-corrected chi connectivity index (χ2v) is 4.27. The predicted molar refractivity (Wildman–Crippen MR) is 48.6 cm³/mol. The highest BCUT2D eigenvalue weighted by Crippen LogP contribution is 2.10. The van der Waals surface area contributed by atoms with Crippen molar-refractivity contribution < 1.29 is 5.11 Å². The van der Waals surface area contributed by atoms with Crippen LogP contribution in [0.4, 0.5) is 0 Å². The standard InChI is InChI=1S/C8H17BrO/c1-8(9)6-4-2-3-5-7-10/h8,10H,2-7H2,1H3. The van der Waals surface area contributed by atoms with Gasteiger partial charge in [-0.15, -0.1) is 0 Å². The summed E-state index contributed by atoms with van der Waals surface area (Å²) in [5, 5.41) is 8.47. The first-order valence-electron chi connectivity index (χ1n) is 4.02. The Morgan fingerprint density at radius 2 is 1.80 bits per heavy atom. The molecule has 0 fully saturated rings. The Balaban J connectivity index is 2.77. The van der Waals surface area contributed by atoms with E-state index in [2.05, 4.69) is 22.9 Å². The summed E-state index contributed by atoms with van der Waals surface area (Å²) >= 11 is 3.49. The predicted octanol–water partition coefficient (Wildman–Crippen LogP) is 2.71. The van der Waals surface area contributed by atoms with Crippen molar-refractivity contribution >= 4 is 15.9 Å². The minimum absolute atomic E-state index is 0.351. The second kappa shape index (κ2) is 7.55. The molecule has 2 heteroatoms. The van der Waals surface area contributed by atoms with Crippen molar-refractivity contribution in [1.82, 2.24) is 0 Å². The smallest absolute Gasteiger partial charge is 0.0431 e. The van der Waals surface area contributed by atoms with Crippen molar-refractivity contribution in [2.45, 2.75) is 43.9 Å². The monoisotopic (exact) mass is 208 g/mol. The van der Waals surface area contributed by atoms with Crippen LogP contribution >= 0.6 is 15.9 Å². The van der Waals surface area contributed by atoms with Crippen LogP contribution in [0.25, 0.3) is 0 Å². The van der Waals surface area contributed by atoms with E-state index < -0.39 is 0 Å². The van der Waals surface area contributed by atoms with Crippen LogP contribution in [0.5, 0.6) is 0 Å². The Morgan fingerprint density at radius 3 is 2.30 bits per heavy atom. The van der Waals surface area contributed by atoms with Gasteiger partial charge < -0.3 is 5.11 Å². The molecule has 0 saturated carbocycles. The number of rotatable bonds is 6. The van der Waals surface area contributed by atoms with Crippen LogP contribution in [0.15, 0.2) is 0 Å². The van der Waals surface area contributed by atoms with Gasteiger partial charge in [0.05, 0.1) is 0 Å². The third-order valence-electron chi connectivity index (χ3n) is 1.51. The number of halogens is 1. The largest absolute Gasteiger partial charge is 0.396 e. The van der Waals surface area contributed by atoms with E-state index in [1.54, 1.807) is 0 Å². The molecule has 62 valence electrons. The number of aliphatic hydroxyl groups excluding tert-OH is 1. The van der Waals surface area contributed by atoms with E-state index in [9.17, 15) is 0 Å². The summed E-state index contributed by atoms with van der Waals surface area (Å²) in [5.74, 6) is 0. The van der Waals surface area contributed by atoms with E-state index in [1.807, 2.05) is 0 Å². The highest BCUT2D eigenvalue weighted by Gasteiger charge is 1.94. The lowest BCUT2D eigenvalue weighted by atomic mass is 10.1. The van der Waals surface area contributed by atoms with Crippen LogP contribution in [0.2, 0.25) is 0 Å². The Bertz CT molecular complexity index is 64.3. The van der Waals surface area contributed by atoms with Gasteiger partial charge in [0.25, 0.3) is 0 Å². The topological polar surface area (TPSA) is 20.2 Å². The van der Waals surface area contributed by atoms with Crippen molar-refractivity contribution in [3.8, 4) is 0 Å². The van der Waals surface area contributed by atoms with Crippen molar-refractivity contribution in [3.63, 3.8) is 0 Å². The quantitative estimate of drug-likeness (QED) is 0.526. The van der Waals surface area contributed by atoms with Gasteiger partial charge in [-0.25, -0.2) is 0 Å². The summed E-state index contributed by atoms with van der Waals surface area (Å²) in [6.07, 6.45) is 5.95. The first-order chi connectivity index (χ1) is 4.77. The molecule has 0 aliphatic carbocycles. The van der Waals surface area contributed by atoms with Crippen LogP contribution in [0, 0.1) is 0 Å². The normalized spacial score (nSPS) is 13.5. The Kier molecular flexibility index (Phi) is 7.88. The van der Waals surface area contributed by atoms with Crippen LogP contribution in [0.3, 0.4) is 0 Å². The zero-order chi connectivity index (χ0) is 7.82. The van der Waals surface area contributed by atoms with Gasteiger partial charge in [-0.05, 0) is 12.8 Å². The van der Waals surface area contributed by atoms with Crippen LogP contribution < -0.4 is 0 Å². The molecule has 1 atom stereocenters. The van der Waals surface area contributed by atoms with E-state index in [4.69, 9.17) is 5.11 Å². The molecule has 0 amide bonds.